The van der Waals surface area contributed by atoms with E-state index in [4.69, 9.17) is 21.0 Å². The van der Waals surface area contributed by atoms with Crippen LogP contribution in [0.3, 0.4) is 0 Å². The summed E-state index contributed by atoms with van der Waals surface area (Å²) >= 11 is 7.39. The molecule has 1 amide bonds. The predicted molar refractivity (Wildman–Crippen MR) is 129 cm³/mol. The highest BCUT2D eigenvalue weighted by Crippen LogP contribution is 2.35. The molecule has 0 bridgehead atoms. The van der Waals surface area contributed by atoms with Gasteiger partial charge in [0.1, 0.15) is 5.76 Å². The van der Waals surface area contributed by atoms with Crippen molar-refractivity contribution >= 4 is 46.2 Å². The lowest BCUT2D eigenvalue weighted by Gasteiger charge is -2.13. The molecular formula is C25H18ClN3O2S. The van der Waals surface area contributed by atoms with Gasteiger partial charge in [-0.1, -0.05) is 29.8 Å². The maximum atomic E-state index is 13.3. The van der Waals surface area contributed by atoms with Gasteiger partial charge in [0.2, 0.25) is 0 Å². The summed E-state index contributed by atoms with van der Waals surface area (Å²) in [5.41, 5.74) is 2.65. The number of carbonyl (C=O) groups is 1. The van der Waals surface area contributed by atoms with Crippen molar-refractivity contribution in [2.45, 2.75) is 6.54 Å². The first-order chi connectivity index (χ1) is 15.7. The van der Waals surface area contributed by atoms with Crippen LogP contribution in [0, 0.1) is 0 Å². The highest BCUT2D eigenvalue weighted by Gasteiger charge is 2.34. The van der Waals surface area contributed by atoms with E-state index in [-0.39, 0.29) is 5.91 Å². The molecule has 2 aromatic carbocycles. The van der Waals surface area contributed by atoms with Crippen molar-refractivity contribution in [1.29, 1.82) is 0 Å². The van der Waals surface area contributed by atoms with Crippen LogP contribution < -0.4 is 0 Å². The number of hydrogen-bond acceptors (Lipinski definition) is 4. The number of hydrogen-bond donors (Lipinski definition) is 0. The number of furan rings is 1. The van der Waals surface area contributed by atoms with Crippen molar-refractivity contribution in [3.63, 3.8) is 0 Å². The first-order valence-corrected chi connectivity index (χ1v) is 11.2. The van der Waals surface area contributed by atoms with Gasteiger partial charge in [-0.25, -0.2) is 4.99 Å². The average Bonchev–Trinajstić information content (AvgIpc) is 3.54. The molecule has 5 nitrogen and oxygen atoms in total. The van der Waals surface area contributed by atoms with E-state index in [1.807, 2.05) is 95.7 Å². The van der Waals surface area contributed by atoms with Crippen molar-refractivity contribution in [3.8, 4) is 5.69 Å². The van der Waals surface area contributed by atoms with Crippen LogP contribution in [-0.4, -0.2) is 20.5 Å². The molecule has 1 aliphatic heterocycles. The third kappa shape index (κ3) is 4.28. The van der Waals surface area contributed by atoms with Gasteiger partial charge >= 0.3 is 0 Å². The van der Waals surface area contributed by atoms with Gasteiger partial charge in [-0.2, -0.15) is 0 Å². The summed E-state index contributed by atoms with van der Waals surface area (Å²) in [4.78, 5) is 20.3. The Labute approximate surface area is 194 Å². The monoisotopic (exact) mass is 459 g/mol. The van der Waals surface area contributed by atoms with Crippen LogP contribution in [0.15, 0.2) is 106 Å². The topological polar surface area (TPSA) is 50.7 Å². The van der Waals surface area contributed by atoms with Gasteiger partial charge in [0, 0.05) is 22.6 Å². The van der Waals surface area contributed by atoms with Crippen molar-refractivity contribution in [1.82, 2.24) is 9.47 Å². The maximum Gasteiger partial charge on any atom is 0.267 e. The van der Waals surface area contributed by atoms with Crippen LogP contribution in [0.2, 0.25) is 5.02 Å². The number of thioether (sulfide) groups is 1. The lowest BCUT2D eigenvalue weighted by molar-refractivity contribution is -0.122. The van der Waals surface area contributed by atoms with E-state index >= 15 is 0 Å². The highest BCUT2D eigenvalue weighted by molar-refractivity contribution is 8.18. The zero-order valence-electron chi connectivity index (χ0n) is 16.9. The molecule has 0 radical (unpaired) electrons. The maximum absolute atomic E-state index is 13.3. The predicted octanol–water partition coefficient (Wildman–Crippen LogP) is 6.53. The summed E-state index contributed by atoms with van der Waals surface area (Å²) in [5.74, 6) is 0.593. The van der Waals surface area contributed by atoms with Crippen LogP contribution in [0.5, 0.6) is 0 Å². The zero-order chi connectivity index (χ0) is 21.9. The molecule has 7 heteroatoms. The normalized spacial score (nSPS) is 16.4. The molecule has 1 aliphatic rings. The third-order valence-corrected chi connectivity index (χ3v) is 6.19. The summed E-state index contributed by atoms with van der Waals surface area (Å²) in [6.45, 7) is 0.319. The van der Waals surface area contributed by atoms with Gasteiger partial charge in [-0.05, 0) is 78.5 Å². The van der Waals surface area contributed by atoms with E-state index < -0.39 is 0 Å². The second-order valence-corrected chi connectivity index (χ2v) is 8.54. The molecule has 0 N–H and O–H groups in total. The van der Waals surface area contributed by atoms with Crippen molar-refractivity contribution < 1.29 is 9.21 Å². The van der Waals surface area contributed by atoms with E-state index in [1.54, 1.807) is 11.2 Å². The van der Waals surface area contributed by atoms with Gasteiger partial charge in [0.05, 0.1) is 23.4 Å². The summed E-state index contributed by atoms with van der Waals surface area (Å²) in [5, 5.41) is 1.30. The fraction of sp³-hybridized carbons (Fsp3) is 0.0400. The van der Waals surface area contributed by atoms with Crippen molar-refractivity contribution in [2.75, 3.05) is 0 Å². The van der Waals surface area contributed by atoms with Gasteiger partial charge in [-0.3, -0.25) is 9.69 Å². The number of carbonyl (C=O) groups excluding carboxylic acids is 1. The Morgan fingerprint density at radius 3 is 2.53 bits per heavy atom. The molecule has 0 spiro atoms. The van der Waals surface area contributed by atoms with Crippen LogP contribution in [0.25, 0.3) is 11.8 Å². The molecule has 3 heterocycles. The van der Waals surface area contributed by atoms with Gasteiger partial charge in [-0.15, -0.1) is 0 Å². The molecule has 0 saturated carbocycles. The minimum Gasteiger partial charge on any atom is -0.467 e. The fourth-order valence-corrected chi connectivity index (χ4v) is 4.49. The Morgan fingerprint density at radius 2 is 1.78 bits per heavy atom. The van der Waals surface area contributed by atoms with Gasteiger partial charge in [0.15, 0.2) is 5.17 Å². The summed E-state index contributed by atoms with van der Waals surface area (Å²) in [7, 11) is 0. The molecule has 1 fully saturated rings. The molecule has 5 rings (SSSR count). The second kappa shape index (κ2) is 8.94. The first-order valence-electron chi connectivity index (χ1n) is 9.98. The van der Waals surface area contributed by atoms with Crippen LogP contribution in [-0.2, 0) is 11.3 Å². The lowest BCUT2D eigenvalue weighted by Crippen LogP contribution is -2.28. The lowest BCUT2D eigenvalue weighted by atomic mass is 10.3. The van der Waals surface area contributed by atoms with E-state index in [0.717, 1.165) is 17.1 Å². The third-order valence-electron chi connectivity index (χ3n) is 4.93. The number of amidine groups is 1. The van der Waals surface area contributed by atoms with Crippen LogP contribution in [0.1, 0.15) is 11.5 Å². The largest absolute Gasteiger partial charge is 0.467 e. The van der Waals surface area contributed by atoms with E-state index in [9.17, 15) is 4.79 Å². The van der Waals surface area contributed by atoms with Crippen molar-refractivity contribution in [3.05, 3.63) is 113 Å². The minimum absolute atomic E-state index is 0.107. The quantitative estimate of drug-likeness (QED) is 0.319. The number of benzene rings is 2. The molecule has 4 aromatic rings. The molecular weight excluding hydrogens is 442 g/mol. The number of halogens is 1. The molecule has 0 unspecified atom stereocenters. The summed E-state index contributed by atoms with van der Waals surface area (Å²) < 4.78 is 7.49. The average molecular weight is 460 g/mol. The number of aromatic nitrogens is 1. The first kappa shape index (κ1) is 20.4. The molecule has 32 heavy (non-hydrogen) atoms. The molecule has 2 aromatic heterocycles. The SMILES string of the molecule is O=C1/C(=C/c2cccn2-c2ccc(Cl)cc2)SC(=Nc2ccccc2)N1Cc1ccco1. The fourth-order valence-electron chi connectivity index (χ4n) is 3.39. The smallest absolute Gasteiger partial charge is 0.267 e. The van der Waals surface area contributed by atoms with E-state index in [1.165, 1.54) is 11.8 Å². The number of aliphatic imine (C=N–C) groups is 1. The second-order valence-electron chi connectivity index (χ2n) is 7.09. The Hall–Kier alpha value is -3.48. The zero-order valence-corrected chi connectivity index (χ0v) is 18.5. The Bertz CT molecular complexity index is 1290. The van der Waals surface area contributed by atoms with Crippen molar-refractivity contribution in [2.24, 2.45) is 4.99 Å². The number of nitrogens with zero attached hydrogens (tertiary/aromatic N) is 3. The summed E-state index contributed by atoms with van der Waals surface area (Å²) in [6.07, 6.45) is 5.45. The van der Waals surface area contributed by atoms with Gasteiger partial charge < -0.3 is 8.98 Å². The highest BCUT2D eigenvalue weighted by atomic mass is 35.5. The standard InChI is InChI=1S/C25H18ClN3O2S/c26-18-10-12-20(13-11-18)28-14-4-8-21(28)16-23-24(30)29(17-22-9-5-15-31-22)25(32-23)27-19-6-2-1-3-7-19/h1-16H,17H2/b23-16-,27-25?. The summed E-state index contributed by atoms with van der Waals surface area (Å²) in [6, 6.07) is 24.8. The van der Waals surface area contributed by atoms with E-state index in [0.29, 0.717) is 27.4 Å². The Morgan fingerprint density at radius 1 is 0.969 bits per heavy atom. The number of amides is 1. The number of para-hydroxylation sites is 1. The van der Waals surface area contributed by atoms with Crippen LogP contribution >= 0.6 is 23.4 Å². The number of rotatable bonds is 5. The molecule has 0 aliphatic carbocycles. The minimum atomic E-state index is -0.107. The van der Waals surface area contributed by atoms with Gasteiger partial charge in [0.25, 0.3) is 5.91 Å². The molecule has 1 saturated heterocycles. The molecule has 158 valence electrons. The Kier molecular flexibility index (Phi) is 5.71. The van der Waals surface area contributed by atoms with E-state index in [2.05, 4.69) is 0 Å². The molecule has 0 atom stereocenters. The van der Waals surface area contributed by atoms with Crippen LogP contribution in [0.4, 0.5) is 5.69 Å². The Balaban J connectivity index is 1.51.